The highest BCUT2D eigenvalue weighted by atomic mass is 32.2. The molecule has 0 spiro atoms. The van der Waals surface area contributed by atoms with Gasteiger partial charge in [0.15, 0.2) is 0 Å². The van der Waals surface area contributed by atoms with Crippen molar-refractivity contribution in [2.24, 2.45) is 5.92 Å². The third-order valence-electron chi connectivity index (χ3n) is 3.31. The van der Waals surface area contributed by atoms with E-state index in [4.69, 9.17) is 5.73 Å². The number of anilines is 1. The minimum Gasteiger partial charge on any atom is -0.396 e. The fourth-order valence-corrected chi connectivity index (χ4v) is 4.17. The zero-order valence-corrected chi connectivity index (χ0v) is 11.2. The first-order valence-corrected chi connectivity index (χ1v) is 7.33. The molecule has 2 N–H and O–H groups in total. The van der Waals surface area contributed by atoms with Gasteiger partial charge in [0.1, 0.15) is 5.82 Å². The van der Waals surface area contributed by atoms with Crippen molar-refractivity contribution in [3.8, 4) is 0 Å². The molecule has 1 aromatic carbocycles. The molecule has 2 rings (SSSR count). The summed E-state index contributed by atoms with van der Waals surface area (Å²) in [5.74, 6) is -0.371. The molecule has 0 aliphatic carbocycles. The van der Waals surface area contributed by atoms with E-state index >= 15 is 0 Å². The fourth-order valence-electron chi connectivity index (χ4n) is 2.40. The van der Waals surface area contributed by atoms with Crippen molar-refractivity contribution >= 4 is 15.7 Å². The fraction of sp³-hybridized carbons (Fsp3) is 0.500. The van der Waals surface area contributed by atoms with Gasteiger partial charge >= 0.3 is 0 Å². The van der Waals surface area contributed by atoms with E-state index in [1.165, 1.54) is 16.4 Å². The number of nitrogens with zero attached hydrogens (tertiary/aromatic N) is 1. The lowest BCUT2D eigenvalue weighted by molar-refractivity contribution is 0.405. The molecule has 0 amide bonds. The van der Waals surface area contributed by atoms with Crippen molar-refractivity contribution in [3.63, 3.8) is 0 Å². The lowest BCUT2D eigenvalue weighted by Gasteiger charge is -2.21. The molecular formula is C12H17FN2O2S. The van der Waals surface area contributed by atoms with Gasteiger partial charge in [-0.15, -0.1) is 0 Å². The maximum atomic E-state index is 13.4. The van der Waals surface area contributed by atoms with E-state index < -0.39 is 15.8 Å². The number of hydrogen-bond acceptors (Lipinski definition) is 3. The average Bonchev–Trinajstić information content (AvgIpc) is 2.62. The van der Waals surface area contributed by atoms with Gasteiger partial charge in [-0.3, -0.25) is 0 Å². The minimum absolute atomic E-state index is 0.0323. The van der Waals surface area contributed by atoms with Crippen LogP contribution in [-0.2, 0) is 10.0 Å². The van der Waals surface area contributed by atoms with Crippen LogP contribution in [0.3, 0.4) is 0 Å². The molecule has 4 nitrogen and oxygen atoms in total. The molecule has 2 atom stereocenters. The Morgan fingerprint density at radius 2 is 2.06 bits per heavy atom. The number of rotatable bonds is 2. The Hall–Kier alpha value is -1.14. The van der Waals surface area contributed by atoms with Gasteiger partial charge in [0.25, 0.3) is 0 Å². The molecule has 0 saturated carbocycles. The largest absolute Gasteiger partial charge is 0.396 e. The normalized spacial score (nSPS) is 25.5. The van der Waals surface area contributed by atoms with Crippen molar-refractivity contribution in [1.29, 1.82) is 0 Å². The summed E-state index contributed by atoms with van der Waals surface area (Å²) in [6, 6.07) is 3.57. The first-order valence-electron chi connectivity index (χ1n) is 5.89. The average molecular weight is 272 g/mol. The van der Waals surface area contributed by atoms with Crippen molar-refractivity contribution in [1.82, 2.24) is 4.31 Å². The van der Waals surface area contributed by atoms with Gasteiger partial charge in [-0.25, -0.2) is 12.8 Å². The molecule has 0 bridgehead atoms. The van der Waals surface area contributed by atoms with Crippen LogP contribution < -0.4 is 5.73 Å². The lowest BCUT2D eigenvalue weighted by Crippen LogP contribution is -2.34. The summed E-state index contributed by atoms with van der Waals surface area (Å²) in [5.41, 5.74) is 5.31. The van der Waals surface area contributed by atoms with Gasteiger partial charge < -0.3 is 5.73 Å². The van der Waals surface area contributed by atoms with Gasteiger partial charge in [-0.05, 0) is 37.5 Å². The molecule has 1 aliphatic heterocycles. The maximum absolute atomic E-state index is 13.4. The summed E-state index contributed by atoms with van der Waals surface area (Å²) in [5, 5.41) is 0. The Bertz CT molecular complexity index is 559. The molecule has 0 aromatic heterocycles. The van der Waals surface area contributed by atoms with E-state index in [9.17, 15) is 12.8 Å². The van der Waals surface area contributed by atoms with Crippen LogP contribution in [0, 0.1) is 11.7 Å². The van der Waals surface area contributed by atoms with Crippen molar-refractivity contribution < 1.29 is 12.8 Å². The molecule has 1 aliphatic rings. The Balaban J connectivity index is 2.39. The number of nitrogens with two attached hydrogens (primary N) is 1. The van der Waals surface area contributed by atoms with Crippen molar-refractivity contribution in [2.75, 3.05) is 12.3 Å². The second-order valence-electron chi connectivity index (χ2n) is 4.95. The number of benzene rings is 1. The highest BCUT2D eigenvalue weighted by Crippen LogP contribution is 2.29. The van der Waals surface area contributed by atoms with Gasteiger partial charge in [0, 0.05) is 12.6 Å². The predicted molar refractivity (Wildman–Crippen MR) is 67.9 cm³/mol. The van der Waals surface area contributed by atoms with Gasteiger partial charge in [0.2, 0.25) is 10.0 Å². The van der Waals surface area contributed by atoms with E-state index in [1.54, 1.807) is 0 Å². The second kappa shape index (κ2) is 4.51. The molecule has 1 aromatic rings. The maximum Gasteiger partial charge on any atom is 0.243 e. The Kier molecular flexibility index (Phi) is 3.33. The monoisotopic (exact) mass is 272 g/mol. The molecule has 1 heterocycles. The zero-order chi connectivity index (χ0) is 13.5. The predicted octanol–water partition coefficient (Wildman–Crippen LogP) is 1.83. The molecule has 1 fully saturated rings. The van der Waals surface area contributed by atoms with Crippen LogP contribution in [0.15, 0.2) is 23.1 Å². The summed E-state index contributed by atoms with van der Waals surface area (Å²) in [4.78, 5) is -0.0323. The number of halogens is 1. The minimum atomic E-state index is -3.62. The summed E-state index contributed by atoms with van der Waals surface area (Å²) < 4.78 is 39.5. The Morgan fingerprint density at radius 3 is 2.56 bits per heavy atom. The molecule has 1 saturated heterocycles. The number of nitrogen functional groups attached to an aromatic ring is 1. The van der Waals surface area contributed by atoms with Gasteiger partial charge in [-0.1, -0.05) is 6.92 Å². The van der Waals surface area contributed by atoms with Gasteiger partial charge in [-0.2, -0.15) is 4.31 Å². The van der Waals surface area contributed by atoms with Crippen LogP contribution in [0.1, 0.15) is 20.3 Å². The highest BCUT2D eigenvalue weighted by Gasteiger charge is 2.36. The van der Waals surface area contributed by atoms with E-state index in [1.807, 2.05) is 13.8 Å². The third-order valence-corrected chi connectivity index (χ3v) is 5.28. The summed E-state index contributed by atoms with van der Waals surface area (Å²) >= 11 is 0. The number of sulfonamides is 1. The summed E-state index contributed by atoms with van der Waals surface area (Å²) in [6.45, 7) is 4.36. The lowest BCUT2D eigenvalue weighted by atomic mass is 10.1. The molecular weight excluding hydrogens is 255 g/mol. The van der Waals surface area contributed by atoms with Gasteiger partial charge in [0.05, 0.1) is 10.6 Å². The van der Waals surface area contributed by atoms with E-state index in [0.717, 1.165) is 12.5 Å². The van der Waals surface area contributed by atoms with E-state index in [-0.39, 0.29) is 16.6 Å². The van der Waals surface area contributed by atoms with E-state index in [0.29, 0.717) is 12.5 Å². The van der Waals surface area contributed by atoms with Crippen LogP contribution in [0.4, 0.5) is 10.1 Å². The topological polar surface area (TPSA) is 63.4 Å². The molecule has 100 valence electrons. The molecule has 0 radical (unpaired) electrons. The van der Waals surface area contributed by atoms with Crippen LogP contribution in [-0.4, -0.2) is 25.3 Å². The van der Waals surface area contributed by atoms with E-state index in [2.05, 4.69) is 0 Å². The highest BCUT2D eigenvalue weighted by molar-refractivity contribution is 7.89. The summed E-state index contributed by atoms with van der Waals surface area (Å²) in [6.07, 6.45) is 0.830. The second-order valence-corrected chi connectivity index (χ2v) is 6.84. The van der Waals surface area contributed by atoms with Crippen LogP contribution in [0.25, 0.3) is 0 Å². The first kappa shape index (κ1) is 13.3. The SMILES string of the molecule is CC1CC(C)N(S(=O)(=O)c2ccc(N)c(F)c2)C1. The van der Waals surface area contributed by atoms with Crippen LogP contribution in [0.2, 0.25) is 0 Å². The Morgan fingerprint density at radius 1 is 1.39 bits per heavy atom. The molecule has 6 heteroatoms. The van der Waals surface area contributed by atoms with Crippen molar-refractivity contribution in [3.05, 3.63) is 24.0 Å². The molecule has 2 unspecified atom stereocenters. The van der Waals surface area contributed by atoms with Crippen LogP contribution in [0.5, 0.6) is 0 Å². The third kappa shape index (κ3) is 2.22. The molecule has 18 heavy (non-hydrogen) atoms. The standard InChI is InChI=1S/C12H17FN2O2S/c1-8-5-9(2)15(7-8)18(16,17)10-3-4-12(14)11(13)6-10/h3-4,6,8-9H,5,7,14H2,1-2H3. The Labute approximate surface area is 107 Å². The van der Waals surface area contributed by atoms with Crippen molar-refractivity contribution in [2.45, 2.75) is 31.2 Å². The first-order chi connectivity index (χ1) is 8.32. The zero-order valence-electron chi connectivity index (χ0n) is 10.4. The summed E-state index contributed by atoms with van der Waals surface area (Å²) in [7, 11) is -3.62. The quantitative estimate of drug-likeness (QED) is 0.835. The number of hydrogen-bond donors (Lipinski definition) is 1. The van der Waals surface area contributed by atoms with Crippen LogP contribution >= 0.6 is 0 Å². The smallest absolute Gasteiger partial charge is 0.243 e.